The lowest BCUT2D eigenvalue weighted by molar-refractivity contribution is 0.282. The summed E-state index contributed by atoms with van der Waals surface area (Å²) in [7, 11) is 3.98. The summed E-state index contributed by atoms with van der Waals surface area (Å²) in [6, 6.07) is 11.4. The lowest BCUT2D eigenvalue weighted by atomic mass is 10.1. The van der Waals surface area contributed by atoms with Crippen LogP contribution < -0.4 is 5.56 Å². The number of rotatable bonds is 4. The molecule has 0 spiro atoms. The van der Waals surface area contributed by atoms with Crippen LogP contribution in [0.1, 0.15) is 12.5 Å². The fraction of sp³-hybridized carbons (Fsp3) is 0.300. The third-order valence-corrected chi connectivity index (χ3v) is 5.12. The summed E-state index contributed by atoms with van der Waals surface area (Å²) in [6.07, 6.45) is 0. The van der Waals surface area contributed by atoms with Crippen molar-refractivity contribution in [2.24, 2.45) is 0 Å². The van der Waals surface area contributed by atoms with E-state index in [9.17, 15) is 4.79 Å². The second-order valence-corrected chi connectivity index (χ2v) is 7.66. The molecule has 136 valence electrons. The van der Waals surface area contributed by atoms with Gasteiger partial charge in [0.1, 0.15) is 5.82 Å². The molecule has 6 heteroatoms. The van der Waals surface area contributed by atoms with Crippen LogP contribution in [0.3, 0.4) is 0 Å². The third kappa shape index (κ3) is 3.63. The molecule has 0 radical (unpaired) electrons. The van der Waals surface area contributed by atoms with Gasteiger partial charge in [-0.05, 0) is 40.1 Å². The first-order chi connectivity index (χ1) is 12.3. The quantitative estimate of drug-likeness (QED) is 0.652. The SMILES string of the molecule is Cc1ccc(-c2nc3c(Cl)cc(Cl)cc3c(=O)n2CC(C)N(C)C)cc1. The van der Waals surface area contributed by atoms with Crippen molar-refractivity contribution >= 4 is 34.1 Å². The fourth-order valence-electron chi connectivity index (χ4n) is 2.77. The van der Waals surface area contributed by atoms with Crippen LogP contribution in [-0.4, -0.2) is 34.6 Å². The number of fused-ring (bicyclic) bond motifs is 1. The van der Waals surface area contributed by atoms with Crippen LogP contribution in [0.25, 0.3) is 22.3 Å². The van der Waals surface area contributed by atoms with Gasteiger partial charge in [0.2, 0.25) is 0 Å². The summed E-state index contributed by atoms with van der Waals surface area (Å²) < 4.78 is 1.71. The standard InChI is InChI=1S/C20H21Cl2N3O/c1-12-5-7-14(8-6-12)19-23-18-16(9-15(21)10-17(18)22)20(26)25(19)11-13(2)24(3)4/h5-10,13H,11H2,1-4H3. The first kappa shape index (κ1) is 18.9. The van der Waals surface area contributed by atoms with Crippen LogP contribution in [0.2, 0.25) is 10.0 Å². The minimum Gasteiger partial charge on any atom is -0.305 e. The number of aryl methyl sites for hydroxylation is 1. The van der Waals surface area contributed by atoms with E-state index in [1.807, 2.05) is 45.3 Å². The van der Waals surface area contributed by atoms with Crippen molar-refractivity contribution in [3.05, 3.63) is 62.4 Å². The first-order valence-corrected chi connectivity index (χ1v) is 9.16. The van der Waals surface area contributed by atoms with E-state index in [1.165, 1.54) is 0 Å². The predicted octanol–water partition coefficient (Wildman–Crippen LogP) is 4.63. The molecule has 1 atom stereocenters. The van der Waals surface area contributed by atoms with Gasteiger partial charge in [0.25, 0.3) is 5.56 Å². The lowest BCUT2D eigenvalue weighted by Gasteiger charge is -2.23. The van der Waals surface area contributed by atoms with Gasteiger partial charge in [-0.15, -0.1) is 0 Å². The van der Waals surface area contributed by atoms with Crippen molar-refractivity contribution in [1.29, 1.82) is 0 Å². The number of hydrogen-bond donors (Lipinski definition) is 0. The second-order valence-electron chi connectivity index (χ2n) is 6.81. The van der Waals surface area contributed by atoms with Crippen molar-refractivity contribution in [2.45, 2.75) is 26.4 Å². The topological polar surface area (TPSA) is 38.1 Å². The van der Waals surface area contributed by atoms with Crippen molar-refractivity contribution in [3.8, 4) is 11.4 Å². The normalized spacial score (nSPS) is 12.7. The smallest absolute Gasteiger partial charge is 0.261 e. The van der Waals surface area contributed by atoms with E-state index in [2.05, 4.69) is 11.8 Å². The van der Waals surface area contributed by atoms with E-state index in [0.717, 1.165) is 11.1 Å². The van der Waals surface area contributed by atoms with Crippen molar-refractivity contribution in [1.82, 2.24) is 14.5 Å². The van der Waals surface area contributed by atoms with E-state index in [1.54, 1.807) is 16.7 Å². The van der Waals surface area contributed by atoms with Gasteiger partial charge < -0.3 is 4.90 Å². The summed E-state index contributed by atoms with van der Waals surface area (Å²) >= 11 is 12.4. The highest BCUT2D eigenvalue weighted by Crippen LogP contribution is 2.27. The predicted molar refractivity (Wildman–Crippen MR) is 109 cm³/mol. The molecule has 0 saturated carbocycles. The van der Waals surface area contributed by atoms with E-state index in [-0.39, 0.29) is 11.6 Å². The molecule has 26 heavy (non-hydrogen) atoms. The highest BCUT2D eigenvalue weighted by atomic mass is 35.5. The van der Waals surface area contributed by atoms with Gasteiger partial charge in [-0.25, -0.2) is 4.98 Å². The lowest BCUT2D eigenvalue weighted by Crippen LogP contribution is -2.35. The maximum atomic E-state index is 13.2. The fourth-order valence-corrected chi connectivity index (χ4v) is 3.31. The van der Waals surface area contributed by atoms with Gasteiger partial charge >= 0.3 is 0 Å². The maximum Gasteiger partial charge on any atom is 0.261 e. The Kier molecular flexibility index (Phi) is 5.37. The van der Waals surface area contributed by atoms with Crippen LogP contribution in [0.15, 0.2) is 41.2 Å². The summed E-state index contributed by atoms with van der Waals surface area (Å²) in [5.74, 6) is 0.612. The zero-order valence-corrected chi connectivity index (χ0v) is 16.8. The molecule has 0 saturated heterocycles. The Bertz CT molecular complexity index is 1010. The number of hydrogen-bond acceptors (Lipinski definition) is 3. The van der Waals surface area contributed by atoms with Gasteiger partial charge in [0, 0.05) is 23.2 Å². The highest BCUT2D eigenvalue weighted by molar-refractivity contribution is 6.38. The first-order valence-electron chi connectivity index (χ1n) is 8.41. The molecule has 1 aromatic heterocycles. The van der Waals surface area contributed by atoms with E-state index in [0.29, 0.717) is 33.3 Å². The summed E-state index contributed by atoms with van der Waals surface area (Å²) in [4.78, 5) is 20.1. The Morgan fingerprint density at radius 3 is 2.42 bits per heavy atom. The molecular formula is C20H21Cl2N3O. The van der Waals surface area contributed by atoms with E-state index < -0.39 is 0 Å². The number of nitrogens with zero attached hydrogens (tertiary/aromatic N) is 3. The second kappa shape index (κ2) is 7.39. The number of halogens is 2. The van der Waals surface area contributed by atoms with Crippen molar-refractivity contribution in [2.75, 3.05) is 14.1 Å². The molecule has 0 bridgehead atoms. The molecule has 4 nitrogen and oxygen atoms in total. The largest absolute Gasteiger partial charge is 0.305 e. The van der Waals surface area contributed by atoms with Crippen LogP contribution >= 0.6 is 23.2 Å². The maximum absolute atomic E-state index is 13.2. The Morgan fingerprint density at radius 1 is 1.15 bits per heavy atom. The zero-order chi connectivity index (χ0) is 19.0. The third-order valence-electron chi connectivity index (χ3n) is 4.62. The average molecular weight is 390 g/mol. The molecular weight excluding hydrogens is 369 g/mol. The molecule has 0 fully saturated rings. The molecule has 0 amide bonds. The van der Waals surface area contributed by atoms with Crippen LogP contribution in [0.4, 0.5) is 0 Å². The number of aromatic nitrogens is 2. The minimum atomic E-state index is -0.135. The molecule has 3 aromatic rings. The number of likely N-dealkylation sites (N-methyl/N-ethyl adjacent to an activating group) is 1. The molecule has 2 aromatic carbocycles. The molecule has 3 rings (SSSR count). The molecule has 1 unspecified atom stereocenters. The van der Waals surface area contributed by atoms with E-state index >= 15 is 0 Å². The zero-order valence-electron chi connectivity index (χ0n) is 15.3. The highest BCUT2D eigenvalue weighted by Gasteiger charge is 2.18. The average Bonchev–Trinajstić information content (AvgIpc) is 2.58. The molecule has 0 aliphatic rings. The Labute approximate surface area is 163 Å². The van der Waals surface area contributed by atoms with Gasteiger partial charge in [0.15, 0.2) is 0 Å². The molecule has 0 N–H and O–H groups in total. The Morgan fingerprint density at radius 2 is 1.81 bits per heavy atom. The molecule has 1 heterocycles. The summed E-state index contributed by atoms with van der Waals surface area (Å²) in [5.41, 5.74) is 2.37. The van der Waals surface area contributed by atoms with Gasteiger partial charge in [0.05, 0.1) is 15.9 Å². The van der Waals surface area contributed by atoms with Crippen molar-refractivity contribution < 1.29 is 0 Å². The Hall–Kier alpha value is -1.88. The van der Waals surface area contributed by atoms with Crippen molar-refractivity contribution in [3.63, 3.8) is 0 Å². The monoisotopic (exact) mass is 389 g/mol. The van der Waals surface area contributed by atoms with Gasteiger partial charge in [-0.1, -0.05) is 53.0 Å². The molecule has 0 aliphatic heterocycles. The van der Waals surface area contributed by atoms with Crippen LogP contribution in [0, 0.1) is 6.92 Å². The van der Waals surface area contributed by atoms with Gasteiger partial charge in [-0.2, -0.15) is 0 Å². The molecule has 0 aliphatic carbocycles. The van der Waals surface area contributed by atoms with E-state index in [4.69, 9.17) is 28.2 Å². The van der Waals surface area contributed by atoms with Crippen LogP contribution in [0.5, 0.6) is 0 Å². The Balaban J connectivity index is 2.32. The summed E-state index contributed by atoms with van der Waals surface area (Å²) in [5, 5.41) is 1.24. The van der Waals surface area contributed by atoms with Crippen LogP contribution in [-0.2, 0) is 6.54 Å². The minimum absolute atomic E-state index is 0.135. The number of benzene rings is 2. The van der Waals surface area contributed by atoms with Gasteiger partial charge in [-0.3, -0.25) is 9.36 Å². The summed E-state index contributed by atoms with van der Waals surface area (Å²) in [6.45, 7) is 4.61.